The first-order valence-corrected chi connectivity index (χ1v) is 9.35. The second-order valence-electron chi connectivity index (χ2n) is 5.95. The third-order valence-electron chi connectivity index (χ3n) is 4.49. The second-order valence-corrected chi connectivity index (χ2v) is 7.63. The van der Waals surface area contributed by atoms with Gasteiger partial charge in [-0.05, 0) is 31.1 Å². The first kappa shape index (κ1) is 17.3. The highest BCUT2D eigenvalue weighted by Gasteiger charge is 2.37. The fourth-order valence-electron chi connectivity index (χ4n) is 3.21. The van der Waals surface area contributed by atoms with E-state index in [9.17, 15) is 4.79 Å². The maximum atomic E-state index is 12.8. The molecule has 1 aliphatic carbocycles. The first-order chi connectivity index (χ1) is 11.6. The number of benzene rings is 1. The minimum Gasteiger partial charge on any atom is -0.497 e. The van der Waals surface area contributed by atoms with Crippen LogP contribution in [0.3, 0.4) is 0 Å². The lowest BCUT2D eigenvalue weighted by molar-refractivity contribution is -0.124. The standard InChI is InChI=1S/C18H21NO3S2/c1-21-14-9-8-12(15(11-14)22-2)10-16-17(20)19(18(23)24-16)13-6-4-3-5-7-13/h8-11,13H,3-7H2,1-2H3. The summed E-state index contributed by atoms with van der Waals surface area (Å²) >= 11 is 6.85. The van der Waals surface area contributed by atoms with E-state index in [4.69, 9.17) is 21.7 Å². The molecule has 1 saturated heterocycles. The molecule has 24 heavy (non-hydrogen) atoms. The Hall–Kier alpha value is -1.53. The molecular weight excluding hydrogens is 342 g/mol. The summed E-state index contributed by atoms with van der Waals surface area (Å²) in [4.78, 5) is 15.3. The van der Waals surface area contributed by atoms with Crippen LogP contribution in [0.4, 0.5) is 0 Å². The number of thioether (sulfide) groups is 1. The van der Waals surface area contributed by atoms with E-state index in [2.05, 4.69) is 0 Å². The van der Waals surface area contributed by atoms with Crippen LogP contribution in [0.5, 0.6) is 11.5 Å². The third kappa shape index (κ3) is 3.44. The van der Waals surface area contributed by atoms with Crippen LogP contribution in [0.2, 0.25) is 0 Å². The van der Waals surface area contributed by atoms with E-state index in [0.717, 1.165) is 24.2 Å². The summed E-state index contributed by atoms with van der Waals surface area (Å²) in [6.45, 7) is 0. The molecule has 1 saturated carbocycles. The van der Waals surface area contributed by atoms with E-state index in [1.165, 1.54) is 31.0 Å². The Balaban J connectivity index is 1.86. The third-order valence-corrected chi connectivity index (χ3v) is 5.82. The van der Waals surface area contributed by atoms with Crippen molar-refractivity contribution in [3.05, 3.63) is 28.7 Å². The van der Waals surface area contributed by atoms with Crippen LogP contribution >= 0.6 is 24.0 Å². The molecule has 0 bridgehead atoms. The molecule has 4 nitrogen and oxygen atoms in total. The quantitative estimate of drug-likeness (QED) is 0.591. The van der Waals surface area contributed by atoms with Crippen LogP contribution in [0.1, 0.15) is 37.7 Å². The molecule has 0 atom stereocenters. The number of nitrogens with zero attached hydrogens (tertiary/aromatic N) is 1. The summed E-state index contributed by atoms with van der Waals surface area (Å²) < 4.78 is 11.3. The average Bonchev–Trinajstić information content (AvgIpc) is 2.89. The molecule has 0 aromatic heterocycles. The number of carbonyl (C=O) groups is 1. The monoisotopic (exact) mass is 363 g/mol. The van der Waals surface area contributed by atoms with E-state index in [-0.39, 0.29) is 11.9 Å². The van der Waals surface area contributed by atoms with Gasteiger partial charge < -0.3 is 9.47 Å². The number of hydrogen-bond donors (Lipinski definition) is 0. The van der Waals surface area contributed by atoms with Crippen molar-refractivity contribution in [3.63, 3.8) is 0 Å². The lowest BCUT2D eigenvalue weighted by atomic mass is 9.94. The molecule has 3 rings (SSSR count). The Morgan fingerprint density at radius 1 is 1.21 bits per heavy atom. The van der Waals surface area contributed by atoms with Gasteiger partial charge in [0, 0.05) is 17.7 Å². The fraction of sp³-hybridized carbons (Fsp3) is 0.444. The lowest BCUT2D eigenvalue weighted by Crippen LogP contribution is -2.39. The molecule has 128 valence electrons. The Kier molecular flexibility index (Phi) is 5.46. The van der Waals surface area contributed by atoms with E-state index < -0.39 is 0 Å². The van der Waals surface area contributed by atoms with Crippen LogP contribution in [-0.4, -0.2) is 35.4 Å². The van der Waals surface area contributed by atoms with Gasteiger partial charge in [0.15, 0.2) is 0 Å². The second kappa shape index (κ2) is 7.57. The normalized spacial score (nSPS) is 20.8. The molecule has 1 aromatic rings. The molecule has 1 aromatic carbocycles. The van der Waals surface area contributed by atoms with Crippen molar-refractivity contribution in [3.8, 4) is 11.5 Å². The van der Waals surface area contributed by atoms with Gasteiger partial charge in [-0.3, -0.25) is 9.69 Å². The SMILES string of the molecule is COc1ccc(C=C2SC(=S)N(C3CCCCC3)C2=O)c(OC)c1. The summed E-state index contributed by atoms with van der Waals surface area (Å²) in [6.07, 6.45) is 7.56. The Labute approximate surface area is 152 Å². The summed E-state index contributed by atoms with van der Waals surface area (Å²) in [5, 5.41) is 0. The van der Waals surface area contributed by atoms with Gasteiger partial charge in [-0.2, -0.15) is 0 Å². The van der Waals surface area contributed by atoms with Crippen molar-refractivity contribution in [1.29, 1.82) is 0 Å². The summed E-state index contributed by atoms with van der Waals surface area (Å²) in [6, 6.07) is 5.82. The van der Waals surface area contributed by atoms with Crippen molar-refractivity contribution >= 4 is 40.3 Å². The van der Waals surface area contributed by atoms with Gasteiger partial charge in [-0.15, -0.1) is 0 Å². The largest absolute Gasteiger partial charge is 0.497 e. The van der Waals surface area contributed by atoms with E-state index in [1.54, 1.807) is 14.2 Å². The topological polar surface area (TPSA) is 38.8 Å². The molecule has 0 unspecified atom stereocenters. The molecule has 1 amide bonds. The molecule has 1 aliphatic heterocycles. The summed E-state index contributed by atoms with van der Waals surface area (Å²) in [5.74, 6) is 1.42. The zero-order valence-electron chi connectivity index (χ0n) is 13.9. The number of ether oxygens (including phenoxy) is 2. The van der Waals surface area contributed by atoms with Crippen molar-refractivity contribution < 1.29 is 14.3 Å². The van der Waals surface area contributed by atoms with Gasteiger partial charge in [-0.1, -0.05) is 43.2 Å². The molecule has 0 spiro atoms. The smallest absolute Gasteiger partial charge is 0.266 e. The van der Waals surface area contributed by atoms with Crippen LogP contribution < -0.4 is 9.47 Å². The lowest BCUT2D eigenvalue weighted by Gasteiger charge is -2.29. The Morgan fingerprint density at radius 2 is 1.96 bits per heavy atom. The zero-order chi connectivity index (χ0) is 17.1. The predicted octanol–water partition coefficient (Wildman–Crippen LogP) is 4.24. The first-order valence-electron chi connectivity index (χ1n) is 8.13. The van der Waals surface area contributed by atoms with Gasteiger partial charge in [-0.25, -0.2) is 0 Å². The minimum atomic E-state index is 0.0229. The van der Waals surface area contributed by atoms with Gasteiger partial charge in [0.05, 0.1) is 19.1 Å². The van der Waals surface area contributed by atoms with E-state index >= 15 is 0 Å². The number of methoxy groups -OCH3 is 2. The van der Waals surface area contributed by atoms with Crippen LogP contribution in [0.15, 0.2) is 23.1 Å². The molecule has 2 fully saturated rings. The number of amides is 1. The van der Waals surface area contributed by atoms with Gasteiger partial charge >= 0.3 is 0 Å². The zero-order valence-corrected chi connectivity index (χ0v) is 15.5. The Bertz CT molecular complexity index is 681. The highest BCUT2D eigenvalue weighted by Crippen LogP contribution is 2.38. The summed E-state index contributed by atoms with van der Waals surface area (Å²) in [7, 11) is 3.23. The van der Waals surface area contributed by atoms with Crippen molar-refractivity contribution in [1.82, 2.24) is 4.90 Å². The maximum absolute atomic E-state index is 12.8. The Morgan fingerprint density at radius 3 is 2.62 bits per heavy atom. The van der Waals surface area contributed by atoms with Gasteiger partial charge in [0.1, 0.15) is 15.8 Å². The van der Waals surface area contributed by atoms with Gasteiger partial charge in [0.25, 0.3) is 5.91 Å². The van der Waals surface area contributed by atoms with Crippen LogP contribution in [0.25, 0.3) is 6.08 Å². The van der Waals surface area contributed by atoms with E-state index in [1.807, 2.05) is 29.2 Å². The van der Waals surface area contributed by atoms with Gasteiger partial charge in [0.2, 0.25) is 0 Å². The molecule has 6 heteroatoms. The van der Waals surface area contributed by atoms with Crippen LogP contribution in [0, 0.1) is 0 Å². The highest BCUT2D eigenvalue weighted by atomic mass is 32.2. The van der Waals surface area contributed by atoms with Crippen molar-refractivity contribution in [2.24, 2.45) is 0 Å². The highest BCUT2D eigenvalue weighted by molar-refractivity contribution is 8.26. The predicted molar refractivity (Wildman–Crippen MR) is 101 cm³/mol. The van der Waals surface area contributed by atoms with Crippen molar-refractivity contribution in [2.45, 2.75) is 38.1 Å². The average molecular weight is 364 g/mol. The minimum absolute atomic E-state index is 0.0229. The maximum Gasteiger partial charge on any atom is 0.266 e. The number of carbonyl (C=O) groups excluding carboxylic acids is 1. The van der Waals surface area contributed by atoms with Crippen molar-refractivity contribution in [2.75, 3.05) is 14.2 Å². The molecule has 0 N–H and O–H groups in total. The number of hydrogen-bond acceptors (Lipinski definition) is 5. The molecule has 0 radical (unpaired) electrons. The number of rotatable bonds is 4. The molecule has 2 aliphatic rings. The summed E-state index contributed by atoms with van der Waals surface area (Å²) in [5.41, 5.74) is 0.849. The molecular formula is C18H21NO3S2. The fourth-order valence-corrected chi connectivity index (χ4v) is 4.60. The van der Waals surface area contributed by atoms with E-state index in [0.29, 0.717) is 15.0 Å². The number of thiocarbonyl (C=S) groups is 1. The van der Waals surface area contributed by atoms with Crippen LogP contribution in [-0.2, 0) is 4.79 Å². The molecule has 1 heterocycles.